The van der Waals surface area contributed by atoms with Crippen LogP contribution in [0.1, 0.15) is 36.2 Å². The zero-order valence-corrected chi connectivity index (χ0v) is 12.4. The van der Waals surface area contributed by atoms with Crippen molar-refractivity contribution in [3.05, 3.63) is 39.9 Å². The third-order valence-corrected chi connectivity index (χ3v) is 3.76. The zero-order chi connectivity index (χ0) is 15.9. The number of pyridine rings is 1. The predicted molar refractivity (Wildman–Crippen MR) is 78.9 cm³/mol. The third-order valence-electron chi connectivity index (χ3n) is 3.76. The minimum absolute atomic E-state index is 0.0204. The molecule has 0 amide bonds. The Balaban J connectivity index is 2.34. The summed E-state index contributed by atoms with van der Waals surface area (Å²) in [6.07, 6.45) is 3.36. The van der Waals surface area contributed by atoms with Gasteiger partial charge in [-0.05, 0) is 31.9 Å². The van der Waals surface area contributed by atoms with E-state index < -0.39 is 17.2 Å². The number of nitrogens with zero attached hydrogens (tertiary/aromatic N) is 1. The summed E-state index contributed by atoms with van der Waals surface area (Å²) in [5.41, 5.74) is -0.339. The maximum Gasteiger partial charge on any atom is 0.343 e. The molecule has 1 aromatic carbocycles. The molecule has 1 aromatic heterocycles. The molecular formula is C16H16FNO4. The highest BCUT2D eigenvalue weighted by Gasteiger charge is 2.28. The van der Waals surface area contributed by atoms with Crippen molar-refractivity contribution in [3.8, 4) is 5.75 Å². The second-order valence-corrected chi connectivity index (χ2v) is 5.21. The summed E-state index contributed by atoms with van der Waals surface area (Å²) in [6.45, 7) is 1.81. The highest BCUT2D eigenvalue weighted by atomic mass is 19.1. The molecule has 0 radical (unpaired) electrons. The van der Waals surface area contributed by atoms with Gasteiger partial charge >= 0.3 is 5.97 Å². The van der Waals surface area contributed by atoms with E-state index in [1.807, 2.05) is 0 Å². The van der Waals surface area contributed by atoms with Gasteiger partial charge in [-0.25, -0.2) is 9.18 Å². The highest BCUT2D eigenvalue weighted by Crippen LogP contribution is 2.38. The standard InChI is InChI=1S/C16H16FNO4/c1-3-22-16(20)10-8-18(9-4-5-9)11-6-7-12(21-2)14(17)13(11)15(10)19/h6-9H,3-5H2,1-2H3. The first-order chi connectivity index (χ1) is 10.6. The summed E-state index contributed by atoms with van der Waals surface area (Å²) in [5.74, 6) is -1.50. The summed E-state index contributed by atoms with van der Waals surface area (Å²) in [5, 5.41) is -0.128. The van der Waals surface area contributed by atoms with E-state index in [-0.39, 0.29) is 29.3 Å². The molecule has 0 saturated heterocycles. The largest absolute Gasteiger partial charge is 0.494 e. The van der Waals surface area contributed by atoms with Gasteiger partial charge in [0.2, 0.25) is 5.43 Å². The van der Waals surface area contributed by atoms with Crippen molar-refractivity contribution >= 4 is 16.9 Å². The number of hydrogen-bond donors (Lipinski definition) is 0. The molecule has 0 spiro atoms. The second kappa shape index (κ2) is 5.44. The molecule has 3 rings (SSSR count). The summed E-state index contributed by atoms with van der Waals surface area (Å²) in [4.78, 5) is 24.5. The number of methoxy groups -OCH3 is 1. The van der Waals surface area contributed by atoms with Crippen LogP contribution in [0.3, 0.4) is 0 Å². The molecule has 1 fully saturated rings. The molecule has 2 aromatic rings. The van der Waals surface area contributed by atoms with Crippen LogP contribution in [-0.4, -0.2) is 24.3 Å². The predicted octanol–water partition coefficient (Wildman–Crippen LogP) is 2.66. The summed E-state index contributed by atoms with van der Waals surface area (Å²) in [7, 11) is 1.33. The first-order valence-electron chi connectivity index (χ1n) is 7.17. The van der Waals surface area contributed by atoms with Crippen LogP contribution in [0.4, 0.5) is 4.39 Å². The Kier molecular flexibility index (Phi) is 3.60. The molecule has 0 atom stereocenters. The van der Waals surface area contributed by atoms with Gasteiger partial charge in [0.25, 0.3) is 0 Å². The number of hydrogen-bond acceptors (Lipinski definition) is 4. The van der Waals surface area contributed by atoms with E-state index in [2.05, 4.69) is 0 Å². The van der Waals surface area contributed by atoms with Gasteiger partial charge in [-0.2, -0.15) is 0 Å². The summed E-state index contributed by atoms with van der Waals surface area (Å²) in [6, 6.07) is 3.32. The van der Waals surface area contributed by atoms with Gasteiger partial charge in [0.1, 0.15) is 5.56 Å². The van der Waals surface area contributed by atoms with Crippen LogP contribution in [0, 0.1) is 5.82 Å². The number of fused-ring (bicyclic) bond motifs is 1. The molecule has 0 aliphatic heterocycles. The lowest BCUT2D eigenvalue weighted by Gasteiger charge is -2.14. The molecule has 6 heteroatoms. The smallest absolute Gasteiger partial charge is 0.343 e. The number of carbonyl (C=O) groups is 1. The average Bonchev–Trinajstić information content (AvgIpc) is 3.32. The lowest BCUT2D eigenvalue weighted by atomic mass is 10.1. The van der Waals surface area contributed by atoms with E-state index in [1.165, 1.54) is 19.4 Å². The van der Waals surface area contributed by atoms with Crippen LogP contribution in [0.2, 0.25) is 0 Å². The number of carbonyl (C=O) groups excluding carboxylic acids is 1. The van der Waals surface area contributed by atoms with Crippen LogP contribution >= 0.6 is 0 Å². The van der Waals surface area contributed by atoms with Gasteiger partial charge in [0.05, 0.1) is 24.6 Å². The maximum absolute atomic E-state index is 14.5. The molecular weight excluding hydrogens is 289 g/mol. The van der Waals surface area contributed by atoms with Gasteiger partial charge in [0.15, 0.2) is 11.6 Å². The van der Waals surface area contributed by atoms with Crippen LogP contribution in [0.15, 0.2) is 23.1 Å². The van der Waals surface area contributed by atoms with Gasteiger partial charge < -0.3 is 14.0 Å². The molecule has 1 aliphatic carbocycles. The Bertz CT molecular complexity index is 808. The quantitative estimate of drug-likeness (QED) is 0.815. The summed E-state index contributed by atoms with van der Waals surface area (Å²) >= 11 is 0. The topological polar surface area (TPSA) is 57.5 Å². The van der Waals surface area contributed by atoms with E-state index in [4.69, 9.17) is 9.47 Å². The first-order valence-corrected chi connectivity index (χ1v) is 7.17. The lowest BCUT2D eigenvalue weighted by Crippen LogP contribution is -2.21. The van der Waals surface area contributed by atoms with Gasteiger partial charge in [-0.1, -0.05) is 0 Å². The van der Waals surface area contributed by atoms with Crippen molar-refractivity contribution < 1.29 is 18.7 Å². The lowest BCUT2D eigenvalue weighted by molar-refractivity contribution is 0.0524. The number of benzene rings is 1. The Hall–Kier alpha value is -2.37. The minimum atomic E-state index is -0.745. The Morgan fingerprint density at radius 3 is 2.73 bits per heavy atom. The van der Waals surface area contributed by atoms with Crippen molar-refractivity contribution in [2.75, 3.05) is 13.7 Å². The second-order valence-electron chi connectivity index (χ2n) is 5.21. The minimum Gasteiger partial charge on any atom is -0.494 e. The van der Waals surface area contributed by atoms with Crippen molar-refractivity contribution in [1.82, 2.24) is 4.57 Å². The highest BCUT2D eigenvalue weighted by molar-refractivity contribution is 5.94. The van der Waals surface area contributed by atoms with E-state index >= 15 is 0 Å². The Morgan fingerprint density at radius 1 is 1.41 bits per heavy atom. The average molecular weight is 305 g/mol. The van der Waals surface area contributed by atoms with Crippen molar-refractivity contribution in [3.63, 3.8) is 0 Å². The van der Waals surface area contributed by atoms with Crippen LogP contribution in [0.5, 0.6) is 5.75 Å². The number of halogens is 1. The fourth-order valence-corrected chi connectivity index (χ4v) is 2.55. The Labute approximate surface area is 126 Å². The van der Waals surface area contributed by atoms with Crippen molar-refractivity contribution in [1.29, 1.82) is 0 Å². The molecule has 116 valence electrons. The molecule has 1 heterocycles. The molecule has 1 aliphatic rings. The van der Waals surface area contributed by atoms with Crippen LogP contribution in [-0.2, 0) is 4.74 Å². The fraction of sp³-hybridized carbons (Fsp3) is 0.375. The fourth-order valence-electron chi connectivity index (χ4n) is 2.55. The van der Waals surface area contributed by atoms with E-state index in [0.29, 0.717) is 5.52 Å². The number of esters is 1. The van der Waals surface area contributed by atoms with Crippen LogP contribution < -0.4 is 10.2 Å². The summed E-state index contributed by atoms with van der Waals surface area (Å²) < 4.78 is 26.2. The molecule has 22 heavy (non-hydrogen) atoms. The zero-order valence-electron chi connectivity index (χ0n) is 12.4. The number of rotatable bonds is 4. The Morgan fingerprint density at radius 2 is 2.14 bits per heavy atom. The molecule has 1 saturated carbocycles. The molecule has 0 unspecified atom stereocenters. The first kappa shape index (κ1) is 14.6. The number of aromatic nitrogens is 1. The third kappa shape index (κ3) is 2.24. The molecule has 0 N–H and O–H groups in total. The van der Waals surface area contributed by atoms with Gasteiger partial charge in [0, 0.05) is 12.2 Å². The van der Waals surface area contributed by atoms with Crippen molar-refractivity contribution in [2.24, 2.45) is 0 Å². The van der Waals surface area contributed by atoms with E-state index in [1.54, 1.807) is 17.6 Å². The molecule has 0 bridgehead atoms. The van der Waals surface area contributed by atoms with E-state index in [9.17, 15) is 14.0 Å². The van der Waals surface area contributed by atoms with Crippen molar-refractivity contribution in [2.45, 2.75) is 25.8 Å². The maximum atomic E-state index is 14.5. The SMILES string of the molecule is CCOC(=O)c1cn(C2CC2)c2ccc(OC)c(F)c2c1=O. The van der Waals surface area contributed by atoms with Gasteiger partial charge in [-0.15, -0.1) is 0 Å². The normalized spacial score (nSPS) is 14.1. The van der Waals surface area contributed by atoms with Crippen LogP contribution in [0.25, 0.3) is 10.9 Å². The van der Waals surface area contributed by atoms with E-state index in [0.717, 1.165) is 12.8 Å². The number of ether oxygens (including phenoxy) is 2. The monoisotopic (exact) mass is 305 g/mol. The molecule has 5 nitrogen and oxygen atoms in total. The van der Waals surface area contributed by atoms with Gasteiger partial charge in [-0.3, -0.25) is 4.79 Å².